The maximum Gasteiger partial charge on any atom is 0.160 e. The second-order valence-corrected chi connectivity index (χ2v) is 4.09. The summed E-state index contributed by atoms with van der Waals surface area (Å²) in [6, 6.07) is 6.18. The first-order valence-electron chi connectivity index (χ1n) is 5.19. The van der Waals surface area contributed by atoms with Gasteiger partial charge in [-0.3, -0.25) is 0 Å². The molecule has 0 aliphatic heterocycles. The van der Waals surface area contributed by atoms with Crippen LogP contribution in [0.15, 0.2) is 24.3 Å². The lowest BCUT2D eigenvalue weighted by atomic mass is 10.1. The van der Waals surface area contributed by atoms with Crippen molar-refractivity contribution in [2.24, 2.45) is 0 Å². The number of aliphatic hydroxyl groups is 2. The normalized spacial score (nSPS) is 13.8. The fourth-order valence-electron chi connectivity index (χ4n) is 1.48. The number of rotatable bonds is 5. The third-order valence-corrected chi connectivity index (χ3v) is 2.07. The first-order valence-corrected chi connectivity index (χ1v) is 5.19. The molecule has 0 heterocycles. The molecule has 3 nitrogen and oxygen atoms in total. The lowest BCUT2D eigenvalue weighted by Gasteiger charge is -2.26. The fourth-order valence-corrected chi connectivity index (χ4v) is 1.48. The molecule has 90 valence electrons. The molecule has 1 aromatic carbocycles. The average Bonchev–Trinajstić information content (AvgIpc) is 2.16. The van der Waals surface area contributed by atoms with Crippen LogP contribution in [-0.2, 0) is 4.74 Å². The standard InChI is InChI=1S/C12H17FO3/c1-12(2,15)16-11(7-8-14)9-5-3-4-6-10(9)13/h3-6,11,14-15H,7-8H2,1-2H3. The third kappa shape index (κ3) is 3.89. The van der Waals surface area contributed by atoms with E-state index in [1.807, 2.05) is 0 Å². The highest BCUT2D eigenvalue weighted by molar-refractivity contribution is 5.20. The molecule has 1 atom stereocenters. The minimum atomic E-state index is -1.36. The van der Waals surface area contributed by atoms with Crippen LogP contribution in [0.2, 0.25) is 0 Å². The smallest absolute Gasteiger partial charge is 0.160 e. The van der Waals surface area contributed by atoms with E-state index in [0.717, 1.165) is 0 Å². The van der Waals surface area contributed by atoms with Crippen LogP contribution in [0.4, 0.5) is 4.39 Å². The number of ether oxygens (including phenoxy) is 1. The molecule has 0 bridgehead atoms. The van der Waals surface area contributed by atoms with Crippen molar-refractivity contribution >= 4 is 0 Å². The van der Waals surface area contributed by atoms with Crippen LogP contribution in [0.25, 0.3) is 0 Å². The maximum absolute atomic E-state index is 13.5. The molecule has 0 spiro atoms. The van der Waals surface area contributed by atoms with Gasteiger partial charge in [-0.25, -0.2) is 4.39 Å². The van der Waals surface area contributed by atoms with E-state index in [4.69, 9.17) is 9.84 Å². The molecule has 2 N–H and O–H groups in total. The van der Waals surface area contributed by atoms with E-state index in [-0.39, 0.29) is 13.0 Å². The van der Waals surface area contributed by atoms with Gasteiger partial charge in [0.05, 0.1) is 6.10 Å². The molecular weight excluding hydrogens is 211 g/mol. The quantitative estimate of drug-likeness (QED) is 0.758. The fraction of sp³-hybridized carbons (Fsp3) is 0.500. The Bertz CT molecular complexity index is 333. The molecule has 0 amide bonds. The summed E-state index contributed by atoms with van der Waals surface area (Å²) in [6.45, 7) is 2.81. The van der Waals surface area contributed by atoms with Crippen LogP contribution in [0, 0.1) is 5.82 Å². The molecule has 1 aromatic rings. The zero-order valence-electron chi connectivity index (χ0n) is 9.48. The topological polar surface area (TPSA) is 49.7 Å². The minimum absolute atomic E-state index is 0.130. The Morgan fingerprint density at radius 3 is 2.50 bits per heavy atom. The van der Waals surface area contributed by atoms with Gasteiger partial charge in [-0.2, -0.15) is 0 Å². The molecule has 1 unspecified atom stereocenters. The number of halogens is 1. The average molecular weight is 228 g/mol. The minimum Gasteiger partial charge on any atom is -0.396 e. The summed E-state index contributed by atoms with van der Waals surface area (Å²) in [5.74, 6) is -1.76. The van der Waals surface area contributed by atoms with Gasteiger partial charge in [-0.1, -0.05) is 18.2 Å². The zero-order chi connectivity index (χ0) is 12.2. The molecule has 4 heteroatoms. The van der Waals surface area contributed by atoms with Gasteiger partial charge < -0.3 is 14.9 Å². The summed E-state index contributed by atoms with van der Waals surface area (Å²) >= 11 is 0. The van der Waals surface area contributed by atoms with Gasteiger partial charge in [-0.05, 0) is 19.9 Å². The van der Waals surface area contributed by atoms with Crippen LogP contribution >= 0.6 is 0 Å². The zero-order valence-corrected chi connectivity index (χ0v) is 9.48. The second kappa shape index (κ2) is 5.39. The number of aliphatic hydroxyl groups excluding tert-OH is 1. The van der Waals surface area contributed by atoms with E-state index < -0.39 is 17.7 Å². The van der Waals surface area contributed by atoms with Crippen molar-refractivity contribution in [1.29, 1.82) is 0 Å². The summed E-state index contributed by atoms with van der Waals surface area (Å²) in [5, 5.41) is 18.4. The van der Waals surface area contributed by atoms with Crippen LogP contribution in [0.5, 0.6) is 0 Å². The van der Waals surface area contributed by atoms with Gasteiger partial charge in [0.25, 0.3) is 0 Å². The van der Waals surface area contributed by atoms with E-state index in [2.05, 4.69) is 0 Å². The lowest BCUT2D eigenvalue weighted by Crippen LogP contribution is -2.27. The highest BCUT2D eigenvalue weighted by atomic mass is 19.1. The molecule has 0 fully saturated rings. The molecule has 0 aliphatic rings. The maximum atomic E-state index is 13.5. The van der Waals surface area contributed by atoms with Crippen molar-refractivity contribution in [3.8, 4) is 0 Å². The molecule has 0 aliphatic carbocycles. The van der Waals surface area contributed by atoms with Crippen LogP contribution in [0.3, 0.4) is 0 Å². The summed E-state index contributed by atoms with van der Waals surface area (Å²) in [4.78, 5) is 0. The van der Waals surface area contributed by atoms with Crippen molar-refractivity contribution in [3.63, 3.8) is 0 Å². The van der Waals surface area contributed by atoms with Crippen molar-refractivity contribution in [1.82, 2.24) is 0 Å². The summed E-state index contributed by atoms with van der Waals surface area (Å²) in [6.07, 6.45) is -0.406. The highest BCUT2D eigenvalue weighted by Crippen LogP contribution is 2.27. The van der Waals surface area contributed by atoms with Gasteiger partial charge in [-0.15, -0.1) is 0 Å². The molecule has 0 saturated heterocycles. The summed E-state index contributed by atoms with van der Waals surface area (Å²) < 4.78 is 18.8. The summed E-state index contributed by atoms with van der Waals surface area (Å²) in [7, 11) is 0. The lowest BCUT2D eigenvalue weighted by molar-refractivity contribution is -0.210. The number of hydrogen-bond donors (Lipinski definition) is 2. The van der Waals surface area contributed by atoms with Crippen molar-refractivity contribution in [2.75, 3.05) is 6.61 Å². The van der Waals surface area contributed by atoms with E-state index in [9.17, 15) is 9.50 Å². The number of benzene rings is 1. The van der Waals surface area contributed by atoms with Crippen molar-refractivity contribution in [3.05, 3.63) is 35.6 Å². The van der Waals surface area contributed by atoms with Gasteiger partial charge in [0, 0.05) is 18.6 Å². The highest BCUT2D eigenvalue weighted by Gasteiger charge is 2.23. The summed E-state index contributed by atoms with van der Waals surface area (Å²) in [5.41, 5.74) is 0.346. The van der Waals surface area contributed by atoms with E-state index in [1.54, 1.807) is 18.2 Å². The van der Waals surface area contributed by atoms with Gasteiger partial charge in [0.1, 0.15) is 5.82 Å². The van der Waals surface area contributed by atoms with E-state index in [1.165, 1.54) is 19.9 Å². The predicted molar refractivity (Wildman–Crippen MR) is 58.2 cm³/mol. The second-order valence-electron chi connectivity index (χ2n) is 4.09. The first kappa shape index (κ1) is 13.1. The number of hydrogen-bond acceptors (Lipinski definition) is 3. The Balaban J connectivity index is 2.89. The molecular formula is C12H17FO3. The van der Waals surface area contributed by atoms with Crippen LogP contribution in [-0.4, -0.2) is 22.6 Å². The van der Waals surface area contributed by atoms with Crippen molar-refractivity contribution in [2.45, 2.75) is 32.2 Å². The van der Waals surface area contributed by atoms with Crippen LogP contribution in [0.1, 0.15) is 31.9 Å². The Morgan fingerprint density at radius 1 is 1.38 bits per heavy atom. The molecule has 0 aromatic heterocycles. The van der Waals surface area contributed by atoms with Gasteiger partial charge >= 0.3 is 0 Å². The van der Waals surface area contributed by atoms with Gasteiger partial charge in [0.15, 0.2) is 5.79 Å². The molecule has 16 heavy (non-hydrogen) atoms. The predicted octanol–water partition coefficient (Wildman–Crippen LogP) is 1.99. The monoisotopic (exact) mass is 228 g/mol. The molecule has 0 saturated carbocycles. The molecule has 1 rings (SSSR count). The molecule has 0 radical (unpaired) electrons. The Labute approximate surface area is 94.5 Å². The van der Waals surface area contributed by atoms with Crippen LogP contribution < -0.4 is 0 Å². The van der Waals surface area contributed by atoms with Gasteiger partial charge in [0.2, 0.25) is 0 Å². The Morgan fingerprint density at radius 2 is 2.00 bits per heavy atom. The van der Waals surface area contributed by atoms with E-state index in [0.29, 0.717) is 5.56 Å². The first-order chi connectivity index (χ1) is 7.44. The Hall–Kier alpha value is -0.970. The van der Waals surface area contributed by atoms with E-state index >= 15 is 0 Å². The third-order valence-electron chi connectivity index (χ3n) is 2.07. The van der Waals surface area contributed by atoms with Crippen molar-refractivity contribution < 1.29 is 19.3 Å². The SMILES string of the molecule is CC(C)(O)OC(CCO)c1ccccc1F. The largest absolute Gasteiger partial charge is 0.396 e. The Kier molecular flexibility index (Phi) is 4.41.